The molecule has 0 aliphatic carbocycles. The topological polar surface area (TPSA) is 76.0 Å². The maximum atomic E-state index is 11.7. The SMILES string of the molecule is CCCCCCCOc1c(CCCCCC)c(CCCCCC)c(CCCCCC)c(O)c1OC(=O)O. The lowest BCUT2D eigenvalue weighted by Crippen LogP contribution is -2.12. The van der Waals surface area contributed by atoms with Crippen molar-refractivity contribution >= 4 is 6.16 Å². The number of hydrogen-bond donors (Lipinski definition) is 2. The predicted molar refractivity (Wildman–Crippen MR) is 155 cm³/mol. The number of carbonyl (C=O) groups is 1. The fourth-order valence-electron chi connectivity index (χ4n) is 5.08. The molecule has 0 aromatic heterocycles. The average Bonchev–Trinajstić information content (AvgIpc) is 2.88. The van der Waals surface area contributed by atoms with Crippen LogP contribution in [0.25, 0.3) is 0 Å². The van der Waals surface area contributed by atoms with E-state index in [1.165, 1.54) is 44.1 Å². The molecule has 0 heterocycles. The van der Waals surface area contributed by atoms with Crippen molar-refractivity contribution in [3.63, 3.8) is 0 Å². The molecule has 0 aliphatic heterocycles. The number of carboxylic acid groups (broad SMARTS) is 1. The first-order chi connectivity index (χ1) is 18.0. The molecular formula is C32H56O5. The van der Waals surface area contributed by atoms with Gasteiger partial charge in [0.1, 0.15) is 0 Å². The van der Waals surface area contributed by atoms with Crippen molar-refractivity contribution < 1.29 is 24.5 Å². The Hall–Kier alpha value is -1.91. The summed E-state index contributed by atoms with van der Waals surface area (Å²) >= 11 is 0. The number of hydrogen-bond acceptors (Lipinski definition) is 4. The second-order valence-electron chi connectivity index (χ2n) is 10.5. The van der Waals surface area contributed by atoms with Crippen molar-refractivity contribution in [2.45, 2.75) is 156 Å². The van der Waals surface area contributed by atoms with Crippen molar-refractivity contribution in [1.29, 1.82) is 0 Å². The van der Waals surface area contributed by atoms with E-state index in [9.17, 15) is 15.0 Å². The molecule has 0 unspecified atom stereocenters. The molecule has 0 saturated carbocycles. The monoisotopic (exact) mass is 520 g/mol. The average molecular weight is 521 g/mol. The predicted octanol–water partition coefficient (Wildman–Crippen LogP) is 10.2. The Morgan fingerprint density at radius 3 is 1.49 bits per heavy atom. The molecule has 214 valence electrons. The molecule has 0 saturated heterocycles. The molecule has 5 nitrogen and oxygen atoms in total. The van der Waals surface area contributed by atoms with Crippen LogP contribution in [-0.4, -0.2) is 23.0 Å². The van der Waals surface area contributed by atoms with Crippen LogP contribution in [0.3, 0.4) is 0 Å². The lowest BCUT2D eigenvalue weighted by atomic mass is 9.88. The van der Waals surface area contributed by atoms with Crippen molar-refractivity contribution in [2.24, 2.45) is 0 Å². The summed E-state index contributed by atoms with van der Waals surface area (Å²) in [6, 6.07) is 0. The molecule has 2 N–H and O–H groups in total. The van der Waals surface area contributed by atoms with E-state index in [1.807, 2.05) is 0 Å². The van der Waals surface area contributed by atoms with Gasteiger partial charge in [-0.3, -0.25) is 0 Å². The van der Waals surface area contributed by atoms with Crippen molar-refractivity contribution in [1.82, 2.24) is 0 Å². The van der Waals surface area contributed by atoms with Crippen molar-refractivity contribution in [3.05, 3.63) is 16.7 Å². The number of ether oxygens (including phenoxy) is 2. The summed E-state index contributed by atoms with van der Waals surface area (Å²) in [4.78, 5) is 11.7. The van der Waals surface area contributed by atoms with Gasteiger partial charge in [-0.1, -0.05) is 111 Å². The van der Waals surface area contributed by atoms with Gasteiger partial charge in [0.2, 0.25) is 5.75 Å². The zero-order valence-electron chi connectivity index (χ0n) is 24.5. The molecule has 5 heteroatoms. The first kappa shape index (κ1) is 33.1. The molecule has 0 fully saturated rings. The third-order valence-electron chi connectivity index (χ3n) is 7.23. The molecular weight excluding hydrogens is 464 g/mol. The maximum Gasteiger partial charge on any atom is 0.511 e. The van der Waals surface area contributed by atoms with Gasteiger partial charge in [-0.2, -0.15) is 0 Å². The molecule has 37 heavy (non-hydrogen) atoms. The van der Waals surface area contributed by atoms with Crippen LogP contribution in [0.15, 0.2) is 0 Å². The molecule has 0 bridgehead atoms. The normalized spacial score (nSPS) is 11.1. The van der Waals surface area contributed by atoms with E-state index in [0.29, 0.717) is 12.4 Å². The summed E-state index contributed by atoms with van der Waals surface area (Å²) in [7, 11) is 0. The minimum absolute atomic E-state index is 0.00866. The van der Waals surface area contributed by atoms with Gasteiger partial charge in [0.05, 0.1) is 6.61 Å². The lowest BCUT2D eigenvalue weighted by Gasteiger charge is -2.24. The van der Waals surface area contributed by atoms with Gasteiger partial charge >= 0.3 is 6.16 Å². The summed E-state index contributed by atoms with van der Waals surface area (Å²) in [5.74, 6) is 0.451. The van der Waals surface area contributed by atoms with Crippen LogP contribution in [0.2, 0.25) is 0 Å². The van der Waals surface area contributed by atoms with E-state index in [-0.39, 0.29) is 11.5 Å². The Morgan fingerprint density at radius 1 is 0.568 bits per heavy atom. The quantitative estimate of drug-likeness (QED) is 0.0852. The van der Waals surface area contributed by atoms with Crippen LogP contribution in [-0.2, 0) is 19.3 Å². The van der Waals surface area contributed by atoms with E-state index in [4.69, 9.17) is 9.47 Å². The molecule has 0 atom stereocenters. The molecule has 1 aromatic rings. The van der Waals surface area contributed by atoms with Crippen LogP contribution < -0.4 is 9.47 Å². The summed E-state index contributed by atoms with van der Waals surface area (Å²) in [6.07, 6.45) is 20.1. The van der Waals surface area contributed by atoms with Gasteiger partial charge in [-0.25, -0.2) is 4.79 Å². The van der Waals surface area contributed by atoms with Crippen molar-refractivity contribution in [2.75, 3.05) is 6.61 Å². The number of phenols is 1. The summed E-state index contributed by atoms with van der Waals surface area (Å²) < 4.78 is 11.6. The second-order valence-corrected chi connectivity index (χ2v) is 10.5. The summed E-state index contributed by atoms with van der Waals surface area (Å²) in [5, 5.41) is 20.9. The van der Waals surface area contributed by atoms with E-state index in [2.05, 4.69) is 27.7 Å². The Kier molecular flexibility index (Phi) is 18.9. The number of rotatable bonds is 23. The van der Waals surface area contributed by atoms with Gasteiger partial charge < -0.3 is 19.7 Å². The van der Waals surface area contributed by atoms with Crippen LogP contribution in [0, 0.1) is 0 Å². The van der Waals surface area contributed by atoms with Crippen molar-refractivity contribution in [3.8, 4) is 17.2 Å². The highest BCUT2D eigenvalue weighted by Gasteiger charge is 2.27. The number of phenolic OH excluding ortho intramolecular Hbond substituents is 1. The molecule has 0 aliphatic rings. The third kappa shape index (κ3) is 12.9. The Balaban J connectivity index is 3.45. The van der Waals surface area contributed by atoms with Crippen LogP contribution in [0.1, 0.15) is 154 Å². The number of unbranched alkanes of at least 4 members (excludes halogenated alkanes) is 13. The molecule has 1 aromatic carbocycles. The van der Waals surface area contributed by atoms with Gasteiger partial charge in [-0.05, 0) is 50.5 Å². The van der Waals surface area contributed by atoms with E-state index in [1.54, 1.807) is 0 Å². The number of benzene rings is 1. The highest BCUT2D eigenvalue weighted by atomic mass is 16.7. The Labute approximate surface area is 227 Å². The van der Waals surface area contributed by atoms with Gasteiger partial charge in [0, 0.05) is 11.1 Å². The molecule has 0 spiro atoms. The first-order valence-corrected chi connectivity index (χ1v) is 15.4. The zero-order valence-corrected chi connectivity index (χ0v) is 24.5. The molecule has 0 amide bonds. The van der Waals surface area contributed by atoms with E-state index >= 15 is 0 Å². The standard InChI is InChI=1S/C32H56O5/c1-5-9-13-17-21-25-36-30-28(24-20-16-12-8-4)26(22-18-14-10-6-2)27(23-19-15-11-7-3)29(33)31(30)37-32(34)35/h33H,5-25H2,1-4H3,(H,34,35). The zero-order chi connectivity index (χ0) is 27.3. The van der Waals surface area contributed by atoms with Crippen LogP contribution in [0.4, 0.5) is 4.79 Å². The van der Waals surface area contributed by atoms with Gasteiger partial charge in [-0.15, -0.1) is 0 Å². The fourth-order valence-corrected chi connectivity index (χ4v) is 5.08. The number of aromatic hydroxyl groups is 1. The maximum absolute atomic E-state index is 11.7. The molecule has 1 rings (SSSR count). The van der Waals surface area contributed by atoms with Gasteiger partial charge in [0.25, 0.3) is 0 Å². The summed E-state index contributed by atoms with van der Waals surface area (Å²) in [6.45, 7) is 9.32. The van der Waals surface area contributed by atoms with Gasteiger partial charge in [0.15, 0.2) is 11.5 Å². The fraction of sp³-hybridized carbons (Fsp3) is 0.781. The Bertz CT molecular complexity index is 743. The third-order valence-corrected chi connectivity index (χ3v) is 7.23. The van der Waals surface area contributed by atoms with E-state index < -0.39 is 6.16 Å². The minimum Gasteiger partial charge on any atom is -0.504 e. The highest BCUT2D eigenvalue weighted by molar-refractivity contribution is 5.70. The second kappa shape index (κ2) is 21.1. The first-order valence-electron chi connectivity index (χ1n) is 15.4. The van der Waals surface area contributed by atoms with E-state index in [0.717, 1.165) is 101 Å². The Morgan fingerprint density at radius 2 is 1.00 bits per heavy atom. The minimum atomic E-state index is -1.41. The van der Waals surface area contributed by atoms with Crippen LogP contribution in [0.5, 0.6) is 17.2 Å². The largest absolute Gasteiger partial charge is 0.511 e. The highest BCUT2D eigenvalue weighted by Crippen LogP contribution is 2.47. The smallest absolute Gasteiger partial charge is 0.504 e. The molecule has 0 radical (unpaired) electrons. The summed E-state index contributed by atoms with van der Waals surface area (Å²) in [5.41, 5.74) is 3.13. The lowest BCUT2D eigenvalue weighted by molar-refractivity contribution is 0.140. The van der Waals surface area contributed by atoms with Crippen LogP contribution >= 0.6 is 0 Å².